The van der Waals surface area contributed by atoms with Gasteiger partial charge in [0.2, 0.25) is 0 Å². The highest BCUT2D eigenvalue weighted by Gasteiger charge is 2.08. The van der Waals surface area contributed by atoms with Gasteiger partial charge in [-0.2, -0.15) is 0 Å². The lowest BCUT2D eigenvalue weighted by atomic mass is 9.95. The Bertz CT molecular complexity index is 264. The molecule has 0 amide bonds. The Morgan fingerprint density at radius 1 is 1.16 bits per heavy atom. The van der Waals surface area contributed by atoms with Gasteiger partial charge in [0, 0.05) is 0 Å². The Hall–Kier alpha value is -0.600. The third kappa shape index (κ3) is 9.01. The van der Waals surface area contributed by atoms with Gasteiger partial charge in [-0.25, -0.2) is 0 Å². The van der Waals surface area contributed by atoms with Crippen molar-refractivity contribution in [1.82, 2.24) is 0 Å². The van der Waals surface area contributed by atoms with Crippen molar-refractivity contribution in [2.75, 3.05) is 13.2 Å². The molecule has 0 fully saturated rings. The molecule has 0 bridgehead atoms. The summed E-state index contributed by atoms with van der Waals surface area (Å²) in [6.07, 6.45) is 10.3. The van der Waals surface area contributed by atoms with Crippen molar-refractivity contribution < 1.29 is 4.74 Å². The van der Waals surface area contributed by atoms with Crippen LogP contribution in [-0.4, -0.2) is 19.3 Å². The predicted molar refractivity (Wildman–Crippen MR) is 85.2 cm³/mol. The molecule has 2 nitrogen and oxygen atoms in total. The van der Waals surface area contributed by atoms with E-state index in [9.17, 15) is 0 Å². The van der Waals surface area contributed by atoms with Crippen LogP contribution in [0.4, 0.5) is 0 Å². The van der Waals surface area contributed by atoms with Crippen LogP contribution in [0.5, 0.6) is 0 Å². The highest BCUT2D eigenvalue weighted by Crippen LogP contribution is 2.16. The van der Waals surface area contributed by atoms with Gasteiger partial charge in [0.1, 0.15) is 0 Å². The molecule has 0 aliphatic rings. The first-order chi connectivity index (χ1) is 9.04. The van der Waals surface area contributed by atoms with E-state index in [1.165, 1.54) is 5.57 Å². The number of allylic oxidation sites excluding steroid dienone is 2. The Labute approximate surface area is 120 Å². The van der Waals surface area contributed by atoms with E-state index in [1.807, 2.05) is 0 Å². The molecule has 2 N–H and O–H groups in total. The van der Waals surface area contributed by atoms with Crippen LogP contribution in [0.25, 0.3) is 0 Å². The molecular weight excluding hydrogens is 234 g/mol. The van der Waals surface area contributed by atoms with E-state index >= 15 is 0 Å². The van der Waals surface area contributed by atoms with E-state index in [0.29, 0.717) is 31.1 Å². The molecule has 0 rings (SSSR count). The third-order valence-corrected chi connectivity index (χ3v) is 3.44. The van der Waals surface area contributed by atoms with Gasteiger partial charge in [0.25, 0.3) is 0 Å². The van der Waals surface area contributed by atoms with Crippen molar-refractivity contribution in [3.8, 4) is 0 Å². The average Bonchev–Trinajstić information content (AvgIpc) is 2.38. The zero-order chi connectivity index (χ0) is 14.7. The van der Waals surface area contributed by atoms with Gasteiger partial charge in [0.15, 0.2) is 0 Å². The Morgan fingerprint density at radius 3 is 2.32 bits per heavy atom. The fourth-order valence-corrected chi connectivity index (χ4v) is 1.81. The quantitative estimate of drug-likeness (QED) is 0.598. The molecule has 0 aliphatic carbocycles. The molecule has 0 saturated heterocycles. The molecule has 0 aromatic rings. The summed E-state index contributed by atoms with van der Waals surface area (Å²) in [7, 11) is 0. The first-order valence-electron chi connectivity index (χ1n) is 7.73. The van der Waals surface area contributed by atoms with Crippen LogP contribution in [0.1, 0.15) is 53.9 Å². The molecule has 0 saturated carbocycles. The van der Waals surface area contributed by atoms with E-state index in [2.05, 4.69) is 52.8 Å². The van der Waals surface area contributed by atoms with Crippen LogP contribution in [0.3, 0.4) is 0 Å². The predicted octanol–water partition coefficient (Wildman–Crippen LogP) is 4.32. The average molecular weight is 267 g/mol. The first kappa shape index (κ1) is 18.4. The second-order valence-corrected chi connectivity index (χ2v) is 5.63. The molecular formula is C17H33NO. The highest BCUT2D eigenvalue weighted by atomic mass is 16.5. The zero-order valence-electron chi connectivity index (χ0n) is 13.5. The summed E-state index contributed by atoms with van der Waals surface area (Å²) in [5.74, 6) is 1.15. The summed E-state index contributed by atoms with van der Waals surface area (Å²) >= 11 is 0. The minimum Gasteiger partial charge on any atom is -0.374 e. The lowest BCUT2D eigenvalue weighted by Gasteiger charge is -2.15. The third-order valence-electron chi connectivity index (χ3n) is 3.44. The second kappa shape index (κ2) is 11.2. The maximum absolute atomic E-state index is 5.86. The molecule has 0 aromatic heterocycles. The summed E-state index contributed by atoms with van der Waals surface area (Å²) in [6, 6.07) is 0. The Morgan fingerprint density at radius 2 is 1.84 bits per heavy atom. The van der Waals surface area contributed by atoms with Crippen molar-refractivity contribution >= 4 is 0 Å². The standard InChI is InChI=1S/C17H33NO/c1-6-15(5)19-12-11-17(16(7-2)13-18)10-8-9-14(3)4/h8,10-11,14-16H,6-7,9,12-13,18H2,1-5H3/b10-8-,17-11+. The Balaban J connectivity index is 4.56. The SMILES string of the molecule is CCC(C)OC/C=C(\C=C/CC(C)C)C(CC)CN. The van der Waals surface area contributed by atoms with Crippen LogP contribution >= 0.6 is 0 Å². The molecule has 112 valence electrons. The maximum atomic E-state index is 5.86. The number of rotatable bonds is 10. The lowest BCUT2D eigenvalue weighted by Crippen LogP contribution is -2.16. The zero-order valence-corrected chi connectivity index (χ0v) is 13.5. The molecule has 0 heterocycles. The van der Waals surface area contributed by atoms with E-state index in [4.69, 9.17) is 10.5 Å². The molecule has 0 aromatic carbocycles. The monoisotopic (exact) mass is 267 g/mol. The van der Waals surface area contributed by atoms with Crippen molar-refractivity contribution in [2.24, 2.45) is 17.6 Å². The van der Waals surface area contributed by atoms with Crippen molar-refractivity contribution in [2.45, 2.75) is 60.0 Å². The van der Waals surface area contributed by atoms with E-state index < -0.39 is 0 Å². The van der Waals surface area contributed by atoms with Crippen LogP contribution in [-0.2, 0) is 4.74 Å². The van der Waals surface area contributed by atoms with Crippen molar-refractivity contribution in [1.29, 1.82) is 0 Å². The Kier molecular flexibility index (Phi) is 10.9. The molecule has 2 heteroatoms. The largest absolute Gasteiger partial charge is 0.374 e. The van der Waals surface area contributed by atoms with Crippen LogP contribution in [0.2, 0.25) is 0 Å². The van der Waals surface area contributed by atoms with Gasteiger partial charge in [-0.05, 0) is 50.1 Å². The number of hydrogen-bond donors (Lipinski definition) is 1. The summed E-state index contributed by atoms with van der Waals surface area (Å²) in [4.78, 5) is 0. The topological polar surface area (TPSA) is 35.2 Å². The lowest BCUT2D eigenvalue weighted by molar-refractivity contribution is 0.0852. The summed E-state index contributed by atoms with van der Waals surface area (Å²) in [5, 5.41) is 0. The molecule has 2 atom stereocenters. The summed E-state index contributed by atoms with van der Waals surface area (Å²) < 4.78 is 5.74. The molecule has 0 radical (unpaired) electrons. The number of nitrogens with two attached hydrogens (primary N) is 1. The summed E-state index contributed by atoms with van der Waals surface area (Å²) in [5.41, 5.74) is 7.19. The smallest absolute Gasteiger partial charge is 0.0656 e. The van der Waals surface area contributed by atoms with Gasteiger partial charge in [-0.3, -0.25) is 0 Å². The number of ether oxygens (including phenoxy) is 1. The van der Waals surface area contributed by atoms with E-state index in [0.717, 1.165) is 19.3 Å². The molecule has 0 aliphatic heterocycles. The maximum Gasteiger partial charge on any atom is 0.0656 e. The van der Waals surface area contributed by atoms with Gasteiger partial charge >= 0.3 is 0 Å². The fourth-order valence-electron chi connectivity index (χ4n) is 1.81. The van der Waals surface area contributed by atoms with Crippen LogP contribution in [0, 0.1) is 11.8 Å². The second-order valence-electron chi connectivity index (χ2n) is 5.63. The van der Waals surface area contributed by atoms with Gasteiger partial charge in [0.05, 0.1) is 12.7 Å². The normalized spacial score (nSPS) is 16.3. The molecule has 19 heavy (non-hydrogen) atoms. The summed E-state index contributed by atoms with van der Waals surface area (Å²) in [6.45, 7) is 12.3. The van der Waals surface area contributed by atoms with Gasteiger partial charge in [-0.15, -0.1) is 0 Å². The van der Waals surface area contributed by atoms with E-state index in [-0.39, 0.29) is 0 Å². The van der Waals surface area contributed by atoms with Crippen molar-refractivity contribution in [3.63, 3.8) is 0 Å². The molecule has 0 spiro atoms. The molecule has 2 unspecified atom stereocenters. The first-order valence-corrected chi connectivity index (χ1v) is 7.73. The minimum atomic E-state index is 0.329. The number of hydrogen-bond acceptors (Lipinski definition) is 2. The van der Waals surface area contributed by atoms with Crippen LogP contribution < -0.4 is 5.73 Å². The van der Waals surface area contributed by atoms with Gasteiger partial charge < -0.3 is 10.5 Å². The van der Waals surface area contributed by atoms with Gasteiger partial charge in [-0.1, -0.05) is 45.9 Å². The minimum absolute atomic E-state index is 0.329. The van der Waals surface area contributed by atoms with E-state index in [1.54, 1.807) is 0 Å². The van der Waals surface area contributed by atoms with Crippen LogP contribution in [0.15, 0.2) is 23.8 Å². The fraction of sp³-hybridized carbons (Fsp3) is 0.765. The highest BCUT2D eigenvalue weighted by molar-refractivity contribution is 5.22. The van der Waals surface area contributed by atoms with Crippen molar-refractivity contribution in [3.05, 3.63) is 23.8 Å².